The lowest BCUT2D eigenvalue weighted by Gasteiger charge is -2.01. The van der Waals surface area contributed by atoms with Crippen molar-refractivity contribution < 1.29 is 14.3 Å². The lowest BCUT2D eigenvalue weighted by molar-refractivity contribution is 0.0958. The summed E-state index contributed by atoms with van der Waals surface area (Å²) in [6.45, 7) is 0.649. The minimum atomic E-state index is -0.366. The number of carbonyl (C=O) groups is 2. The summed E-state index contributed by atoms with van der Waals surface area (Å²) in [7, 11) is 3.16. The van der Waals surface area contributed by atoms with E-state index in [9.17, 15) is 9.59 Å². The van der Waals surface area contributed by atoms with E-state index in [2.05, 4.69) is 20.7 Å². The molecule has 2 aromatic heterocycles. The van der Waals surface area contributed by atoms with Crippen molar-refractivity contribution in [2.45, 2.75) is 12.8 Å². The van der Waals surface area contributed by atoms with Gasteiger partial charge in [-0.25, -0.2) is 4.98 Å². The first-order valence-corrected chi connectivity index (χ1v) is 7.57. The summed E-state index contributed by atoms with van der Waals surface area (Å²) in [5, 5.41) is 9.94. The fourth-order valence-corrected chi connectivity index (χ4v) is 3.15. The van der Waals surface area contributed by atoms with Gasteiger partial charge in [-0.15, -0.1) is 5.10 Å². The Balaban J connectivity index is 1.83. The molecule has 0 bridgehead atoms. The Hall–Kier alpha value is -2.42. The van der Waals surface area contributed by atoms with Crippen LogP contribution in [0.3, 0.4) is 0 Å². The molecule has 9 heteroatoms. The number of aromatic nitrogens is 3. The molecule has 8 nitrogen and oxygen atoms in total. The molecule has 2 amide bonds. The molecular formula is C13H15N5O3S. The first-order chi connectivity index (χ1) is 10.6. The predicted molar refractivity (Wildman–Crippen MR) is 80.5 cm³/mol. The van der Waals surface area contributed by atoms with E-state index in [4.69, 9.17) is 4.74 Å². The van der Waals surface area contributed by atoms with Crippen LogP contribution < -0.4 is 15.4 Å². The molecule has 3 rings (SSSR count). The molecule has 0 fully saturated rings. The number of nitrogens with one attached hydrogen (secondary N) is 2. The number of ether oxygens (including phenoxy) is 1. The third-order valence-corrected chi connectivity index (χ3v) is 4.24. The Labute approximate surface area is 130 Å². The maximum absolute atomic E-state index is 12.3. The average Bonchev–Trinajstić information content (AvgIpc) is 3.02. The van der Waals surface area contributed by atoms with E-state index in [0.29, 0.717) is 22.1 Å². The van der Waals surface area contributed by atoms with Gasteiger partial charge in [-0.05, 0) is 12.8 Å². The van der Waals surface area contributed by atoms with Gasteiger partial charge in [-0.2, -0.15) is 0 Å². The van der Waals surface area contributed by atoms with Crippen LogP contribution >= 0.6 is 11.3 Å². The third-order valence-electron chi connectivity index (χ3n) is 3.23. The summed E-state index contributed by atoms with van der Waals surface area (Å²) < 4.78 is 6.56. The summed E-state index contributed by atoms with van der Waals surface area (Å²) in [4.78, 5) is 29.1. The van der Waals surface area contributed by atoms with Crippen LogP contribution in [-0.2, 0) is 13.5 Å². The molecular weight excluding hydrogens is 306 g/mol. The third kappa shape index (κ3) is 2.67. The van der Waals surface area contributed by atoms with Crippen molar-refractivity contribution in [2.24, 2.45) is 7.05 Å². The molecule has 0 unspecified atom stereocenters. The summed E-state index contributed by atoms with van der Waals surface area (Å²) in [6, 6.07) is 0. The maximum atomic E-state index is 12.3. The number of rotatable bonds is 3. The van der Waals surface area contributed by atoms with Gasteiger partial charge >= 0.3 is 0 Å². The van der Waals surface area contributed by atoms with Crippen molar-refractivity contribution in [1.29, 1.82) is 0 Å². The normalized spacial score (nSPS) is 14.0. The quantitative estimate of drug-likeness (QED) is 0.872. The lowest BCUT2D eigenvalue weighted by Crippen LogP contribution is -2.21. The summed E-state index contributed by atoms with van der Waals surface area (Å²) in [6.07, 6.45) is 3.13. The number of fused-ring (bicyclic) bond motifs is 1. The van der Waals surface area contributed by atoms with Crippen LogP contribution in [0.2, 0.25) is 0 Å². The number of hydrogen-bond donors (Lipinski definition) is 2. The van der Waals surface area contributed by atoms with Crippen molar-refractivity contribution in [3.8, 4) is 5.88 Å². The zero-order valence-corrected chi connectivity index (χ0v) is 13.0. The van der Waals surface area contributed by atoms with Crippen LogP contribution in [0.25, 0.3) is 0 Å². The van der Waals surface area contributed by atoms with Gasteiger partial charge in [0.25, 0.3) is 11.8 Å². The van der Waals surface area contributed by atoms with Gasteiger partial charge in [0.05, 0.1) is 12.8 Å². The van der Waals surface area contributed by atoms with Crippen LogP contribution in [0.1, 0.15) is 32.1 Å². The zero-order chi connectivity index (χ0) is 15.7. The molecule has 1 aliphatic rings. The minimum absolute atomic E-state index is 0.135. The van der Waals surface area contributed by atoms with E-state index < -0.39 is 0 Å². The van der Waals surface area contributed by atoms with Gasteiger partial charge in [0.2, 0.25) is 5.88 Å². The van der Waals surface area contributed by atoms with Crippen LogP contribution in [0, 0.1) is 0 Å². The molecule has 0 saturated heterocycles. The molecule has 2 N–H and O–H groups in total. The Morgan fingerprint density at radius 3 is 3.14 bits per heavy atom. The number of thiazole rings is 1. The molecule has 0 aliphatic carbocycles. The first kappa shape index (κ1) is 14.5. The predicted octanol–water partition coefficient (Wildman–Crippen LogP) is 0.813. The van der Waals surface area contributed by atoms with Gasteiger partial charge in [0, 0.05) is 19.8 Å². The topological polar surface area (TPSA) is 98.1 Å². The van der Waals surface area contributed by atoms with Crippen molar-refractivity contribution in [2.75, 3.05) is 19.0 Å². The first-order valence-electron chi connectivity index (χ1n) is 6.75. The van der Waals surface area contributed by atoms with E-state index in [1.54, 1.807) is 13.2 Å². The second-order valence-corrected chi connectivity index (χ2v) is 5.83. The number of nitrogens with zero attached hydrogens (tertiary/aromatic N) is 3. The van der Waals surface area contributed by atoms with Gasteiger partial charge < -0.3 is 10.1 Å². The smallest absolute Gasteiger partial charge is 0.264 e. The van der Waals surface area contributed by atoms with Gasteiger partial charge in [-0.3, -0.25) is 19.6 Å². The van der Waals surface area contributed by atoms with Crippen molar-refractivity contribution in [1.82, 2.24) is 20.1 Å². The second kappa shape index (κ2) is 5.76. The van der Waals surface area contributed by atoms with Gasteiger partial charge in [0.15, 0.2) is 5.13 Å². The fraction of sp³-hybridized carbons (Fsp3) is 0.385. The Morgan fingerprint density at radius 1 is 1.55 bits per heavy atom. The standard InChI is InChI=1S/C13H15N5O3S/c1-18-6-7(12(17-18)21-2)10(19)16-13-15-8-4-3-5-14-11(20)9(8)22-13/h6H,3-5H2,1-2H3,(H,14,20)(H,15,16,19). The number of hydrogen-bond acceptors (Lipinski definition) is 6. The highest BCUT2D eigenvalue weighted by molar-refractivity contribution is 7.17. The molecule has 0 radical (unpaired) electrons. The van der Waals surface area contributed by atoms with Crippen molar-refractivity contribution >= 4 is 28.3 Å². The van der Waals surface area contributed by atoms with E-state index >= 15 is 0 Å². The number of amides is 2. The van der Waals surface area contributed by atoms with Gasteiger partial charge in [-0.1, -0.05) is 11.3 Å². The van der Waals surface area contributed by atoms with Crippen LogP contribution in [0.5, 0.6) is 5.88 Å². The average molecular weight is 321 g/mol. The van der Waals surface area contributed by atoms with Crippen LogP contribution in [0.4, 0.5) is 5.13 Å². The highest BCUT2D eigenvalue weighted by Crippen LogP contribution is 2.26. The Morgan fingerprint density at radius 2 is 2.36 bits per heavy atom. The zero-order valence-electron chi connectivity index (χ0n) is 12.2. The van der Waals surface area contributed by atoms with Crippen molar-refractivity contribution in [3.05, 3.63) is 22.3 Å². The molecule has 2 aromatic rings. The number of anilines is 1. The number of methoxy groups -OCH3 is 1. The highest BCUT2D eigenvalue weighted by Gasteiger charge is 2.23. The van der Waals surface area contributed by atoms with Crippen molar-refractivity contribution in [3.63, 3.8) is 0 Å². The molecule has 0 aromatic carbocycles. The molecule has 116 valence electrons. The Kier molecular flexibility index (Phi) is 3.80. The second-order valence-electron chi connectivity index (χ2n) is 4.83. The summed E-state index contributed by atoms with van der Waals surface area (Å²) in [5.74, 6) is -0.255. The Bertz CT molecular complexity index is 736. The van der Waals surface area contributed by atoms with Gasteiger partial charge in [0.1, 0.15) is 10.4 Å². The maximum Gasteiger partial charge on any atom is 0.264 e. The number of aryl methyl sites for hydroxylation is 2. The molecule has 0 saturated carbocycles. The number of carbonyl (C=O) groups excluding carboxylic acids is 2. The molecule has 22 heavy (non-hydrogen) atoms. The van der Waals surface area contributed by atoms with E-state index in [1.165, 1.54) is 23.1 Å². The van der Waals surface area contributed by atoms with E-state index in [1.807, 2.05) is 0 Å². The fourth-order valence-electron chi connectivity index (χ4n) is 2.23. The monoisotopic (exact) mass is 321 g/mol. The largest absolute Gasteiger partial charge is 0.479 e. The minimum Gasteiger partial charge on any atom is -0.479 e. The van der Waals surface area contributed by atoms with Crippen LogP contribution in [0.15, 0.2) is 6.20 Å². The molecule has 1 aliphatic heterocycles. The van der Waals surface area contributed by atoms with Crippen LogP contribution in [-0.4, -0.2) is 40.2 Å². The molecule has 0 spiro atoms. The molecule has 3 heterocycles. The molecule has 0 atom stereocenters. The summed E-state index contributed by atoms with van der Waals surface area (Å²) in [5.41, 5.74) is 1.05. The highest BCUT2D eigenvalue weighted by atomic mass is 32.1. The van der Waals surface area contributed by atoms with E-state index in [0.717, 1.165) is 18.5 Å². The van der Waals surface area contributed by atoms with E-state index in [-0.39, 0.29) is 17.7 Å². The summed E-state index contributed by atoms with van der Waals surface area (Å²) >= 11 is 1.18. The SMILES string of the molecule is COc1nn(C)cc1C(=O)Nc1nc2c(s1)C(=O)NCCC2. The lowest BCUT2D eigenvalue weighted by atomic mass is 10.2.